The quantitative estimate of drug-likeness (QED) is 0.659. The van der Waals surface area contributed by atoms with Crippen LogP contribution in [0.5, 0.6) is 5.75 Å². The van der Waals surface area contributed by atoms with Crippen molar-refractivity contribution >= 4 is 23.3 Å². The van der Waals surface area contributed by atoms with Gasteiger partial charge in [-0.15, -0.1) is 0 Å². The summed E-state index contributed by atoms with van der Waals surface area (Å²) in [5.74, 6) is -1.69. The summed E-state index contributed by atoms with van der Waals surface area (Å²) in [6, 6.07) is 10.0. The molecule has 0 saturated carbocycles. The predicted octanol–water partition coefficient (Wildman–Crippen LogP) is 4.52. The van der Waals surface area contributed by atoms with Gasteiger partial charge in [-0.2, -0.15) is 5.10 Å². The maximum atomic E-state index is 13.4. The molecule has 4 rings (SSSR count). The van der Waals surface area contributed by atoms with Crippen LogP contribution in [0.15, 0.2) is 42.5 Å². The van der Waals surface area contributed by atoms with Crippen LogP contribution in [0.4, 0.5) is 19.3 Å². The first-order chi connectivity index (χ1) is 14.4. The molecule has 3 aromatic rings. The molecule has 0 bridgehead atoms. The lowest BCUT2D eigenvalue weighted by atomic mass is 10.1. The van der Waals surface area contributed by atoms with Crippen LogP contribution in [0, 0.1) is 11.6 Å². The number of aryl methyl sites for hydroxylation is 1. The molecule has 0 unspecified atom stereocenters. The SMILES string of the molecule is Cn1nc(COc2ccc(F)c(F)c2)c2c1CCN(C(=O)Nc1ccc(Cl)cc1)C2. The van der Waals surface area contributed by atoms with E-state index in [-0.39, 0.29) is 18.4 Å². The van der Waals surface area contributed by atoms with Crippen LogP contribution < -0.4 is 10.1 Å². The summed E-state index contributed by atoms with van der Waals surface area (Å²) < 4.78 is 33.8. The lowest BCUT2D eigenvalue weighted by Crippen LogP contribution is -2.39. The van der Waals surface area contributed by atoms with E-state index < -0.39 is 11.6 Å². The van der Waals surface area contributed by atoms with Crippen molar-refractivity contribution in [3.63, 3.8) is 0 Å². The zero-order valence-electron chi connectivity index (χ0n) is 16.2. The molecule has 2 amide bonds. The minimum absolute atomic E-state index is 0.0842. The van der Waals surface area contributed by atoms with Crippen LogP contribution in [-0.2, 0) is 26.6 Å². The van der Waals surface area contributed by atoms with Crippen molar-refractivity contribution in [1.82, 2.24) is 14.7 Å². The summed E-state index contributed by atoms with van der Waals surface area (Å²) in [7, 11) is 1.84. The first kappa shape index (κ1) is 20.2. The number of carbonyl (C=O) groups excluding carboxylic acids is 1. The fourth-order valence-corrected chi connectivity index (χ4v) is 3.54. The third kappa shape index (κ3) is 4.23. The highest BCUT2D eigenvalue weighted by molar-refractivity contribution is 6.30. The second-order valence-electron chi connectivity index (χ2n) is 6.97. The molecule has 1 aromatic heterocycles. The van der Waals surface area contributed by atoms with Gasteiger partial charge in [-0.3, -0.25) is 4.68 Å². The van der Waals surface area contributed by atoms with Crippen LogP contribution in [0.25, 0.3) is 0 Å². The second kappa shape index (κ2) is 8.31. The number of fused-ring (bicyclic) bond motifs is 1. The Balaban J connectivity index is 1.46. The summed E-state index contributed by atoms with van der Waals surface area (Å²) in [5.41, 5.74) is 3.23. The lowest BCUT2D eigenvalue weighted by molar-refractivity contribution is 0.205. The molecule has 30 heavy (non-hydrogen) atoms. The average molecular weight is 433 g/mol. The van der Waals surface area contributed by atoms with E-state index in [1.807, 2.05) is 7.05 Å². The topological polar surface area (TPSA) is 59.4 Å². The van der Waals surface area contributed by atoms with E-state index in [4.69, 9.17) is 16.3 Å². The molecule has 0 spiro atoms. The Morgan fingerprint density at radius 3 is 2.70 bits per heavy atom. The van der Waals surface area contributed by atoms with Gasteiger partial charge in [-0.25, -0.2) is 13.6 Å². The van der Waals surface area contributed by atoms with Gasteiger partial charge in [0.15, 0.2) is 11.6 Å². The van der Waals surface area contributed by atoms with Crippen molar-refractivity contribution in [3.8, 4) is 5.75 Å². The first-order valence-corrected chi connectivity index (χ1v) is 9.71. The highest BCUT2D eigenvalue weighted by Crippen LogP contribution is 2.25. The highest BCUT2D eigenvalue weighted by atomic mass is 35.5. The minimum atomic E-state index is -0.972. The van der Waals surface area contributed by atoms with E-state index in [9.17, 15) is 13.6 Å². The summed E-state index contributed by atoms with van der Waals surface area (Å²) in [6.07, 6.45) is 0.651. The Morgan fingerprint density at radius 1 is 1.20 bits per heavy atom. The summed E-state index contributed by atoms with van der Waals surface area (Å²) in [5, 5.41) is 7.94. The van der Waals surface area contributed by atoms with Crippen molar-refractivity contribution in [3.05, 3.63) is 76.1 Å². The van der Waals surface area contributed by atoms with E-state index in [2.05, 4.69) is 10.4 Å². The Labute approximate surface area is 177 Å². The zero-order chi connectivity index (χ0) is 21.3. The normalized spacial score (nSPS) is 13.1. The number of benzene rings is 2. The third-order valence-corrected chi connectivity index (χ3v) is 5.23. The monoisotopic (exact) mass is 432 g/mol. The minimum Gasteiger partial charge on any atom is -0.487 e. The molecule has 0 fully saturated rings. The number of rotatable bonds is 4. The van der Waals surface area contributed by atoms with Crippen molar-refractivity contribution in [1.29, 1.82) is 0 Å². The van der Waals surface area contributed by atoms with Crippen molar-refractivity contribution in [2.24, 2.45) is 7.05 Å². The molecule has 1 aliphatic rings. The Hall–Kier alpha value is -3.13. The number of carbonyl (C=O) groups is 1. The molecule has 0 radical (unpaired) electrons. The van der Waals surface area contributed by atoms with Gasteiger partial charge in [0.05, 0.1) is 6.54 Å². The van der Waals surface area contributed by atoms with Gasteiger partial charge < -0.3 is 15.0 Å². The van der Waals surface area contributed by atoms with Crippen LogP contribution in [0.3, 0.4) is 0 Å². The van der Waals surface area contributed by atoms with E-state index >= 15 is 0 Å². The number of urea groups is 1. The number of hydrogen-bond donors (Lipinski definition) is 1. The second-order valence-corrected chi connectivity index (χ2v) is 7.41. The van der Waals surface area contributed by atoms with E-state index in [1.54, 1.807) is 33.8 Å². The smallest absolute Gasteiger partial charge is 0.322 e. The number of nitrogens with one attached hydrogen (secondary N) is 1. The Kier molecular flexibility index (Phi) is 5.59. The number of hydrogen-bond acceptors (Lipinski definition) is 3. The van der Waals surface area contributed by atoms with E-state index in [0.717, 1.165) is 23.4 Å². The molecule has 1 N–H and O–H groups in total. The molecule has 156 valence electrons. The number of halogens is 3. The summed E-state index contributed by atoms with van der Waals surface area (Å²) in [6.45, 7) is 1.01. The predicted molar refractivity (Wildman–Crippen MR) is 108 cm³/mol. The summed E-state index contributed by atoms with van der Waals surface area (Å²) >= 11 is 5.88. The number of anilines is 1. The van der Waals surface area contributed by atoms with Crippen LogP contribution >= 0.6 is 11.6 Å². The standard InChI is InChI=1S/C21H19ClF2N4O2/c1-27-20-8-9-28(21(29)25-14-4-2-13(22)3-5-14)11-16(20)19(26-27)12-30-15-6-7-17(23)18(24)10-15/h2-7,10H,8-9,11-12H2,1H3,(H,25,29). The van der Waals surface area contributed by atoms with Gasteiger partial charge in [0.25, 0.3) is 0 Å². The molecule has 0 atom stereocenters. The average Bonchev–Trinajstić information content (AvgIpc) is 3.05. The van der Waals surface area contributed by atoms with Gasteiger partial charge in [0.1, 0.15) is 18.1 Å². The molecule has 1 aliphatic heterocycles. The number of nitrogens with zero attached hydrogens (tertiary/aromatic N) is 3. The summed E-state index contributed by atoms with van der Waals surface area (Å²) in [4.78, 5) is 14.4. The molecule has 9 heteroatoms. The molecule has 2 heterocycles. The van der Waals surface area contributed by atoms with Crippen LogP contribution in [0.1, 0.15) is 17.0 Å². The van der Waals surface area contributed by atoms with Crippen molar-refractivity contribution < 1.29 is 18.3 Å². The number of aromatic nitrogens is 2. The fraction of sp³-hybridized carbons (Fsp3) is 0.238. The maximum Gasteiger partial charge on any atom is 0.322 e. The largest absolute Gasteiger partial charge is 0.487 e. The molecule has 2 aromatic carbocycles. The maximum absolute atomic E-state index is 13.4. The van der Waals surface area contributed by atoms with Gasteiger partial charge in [-0.1, -0.05) is 11.6 Å². The lowest BCUT2D eigenvalue weighted by Gasteiger charge is -2.28. The van der Waals surface area contributed by atoms with Gasteiger partial charge >= 0.3 is 6.03 Å². The zero-order valence-corrected chi connectivity index (χ0v) is 16.9. The molecule has 0 aliphatic carbocycles. The Bertz CT molecular complexity index is 1090. The van der Waals surface area contributed by atoms with Crippen LogP contribution in [0.2, 0.25) is 5.02 Å². The van der Waals surface area contributed by atoms with Gasteiger partial charge in [-0.05, 0) is 36.4 Å². The van der Waals surface area contributed by atoms with E-state index in [1.165, 1.54) is 6.07 Å². The van der Waals surface area contributed by atoms with Crippen molar-refractivity contribution in [2.45, 2.75) is 19.6 Å². The first-order valence-electron chi connectivity index (χ1n) is 9.33. The Morgan fingerprint density at radius 2 is 1.97 bits per heavy atom. The molecular weight excluding hydrogens is 414 g/mol. The van der Waals surface area contributed by atoms with Crippen molar-refractivity contribution in [2.75, 3.05) is 11.9 Å². The fourth-order valence-electron chi connectivity index (χ4n) is 3.41. The third-order valence-electron chi connectivity index (χ3n) is 4.97. The highest BCUT2D eigenvalue weighted by Gasteiger charge is 2.27. The van der Waals surface area contributed by atoms with Gasteiger partial charge in [0.2, 0.25) is 0 Å². The number of ether oxygens (including phenoxy) is 1. The van der Waals surface area contributed by atoms with E-state index in [0.29, 0.717) is 35.9 Å². The number of amides is 2. The molecule has 6 nitrogen and oxygen atoms in total. The van der Waals surface area contributed by atoms with Crippen LogP contribution in [-0.4, -0.2) is 27.3 Å². The molecule has 0 saturated heterocycles. The van der Waals surface area contributed by atoms with Gasteiger partial charge in [0, 0.05) is 48.0 Å². The molecular formula is C21H19ClF2N4O2.